The minimum absolute atomic E-state index is 0.204. The van der Waals surface area contributed by atoms with E-state index < -0.39 is 0 Å². The Bertz CT molecular complexity index is 1190. The molecule has 0 aliphatic rings. The number of ether oxygens (including phenoxy) is 1. The number of carbonyl (C=O) groups excluding carboxylic acids is 1. The van der Waals surface area contributed by atoms with Crippen molar-refractivity contribution in [1.82, 2.24) is 9.78 Å². The molecule has 5 nitrogen and oxygen atoms in total. The summed E-state index contributed by atoms with van der Waals surface area (Å²) in [5, 5.41) is 8.46. The monoisotopic (exact) mass is 451 g/mol. The molecule has 0 bridgehead atoms. The van der Waals surface area contributed by atoms with E-state index in [1.165, 1.54) is 0 Å². The molecule has 3 aromatic carbocycles. The third-order valence-electron chi connectivity index (χ3n) is 4.54. The molecular weight excluding hydrogens is 433 g/mol. The molecule has 0 aliphatic heterocycles. The van der Waals surface area contributed by atoms with Crippen LogP contribution in [0.1, 0.15) is 21.5 Å². The second-order valence-electron chi connectivity index (χ2n) is 6.95. The highest BCUT2D eigenvalue weighted by atomic mass is 35.5. The summed E-state index contributed by atoms with van der Waals surface area (Å²) in [6.45, 7) is 0.955. The first kappa shape index (κ1) is 21.0. The molecule has 1 amide bonds. The molecule has 0 aliphatic carbocycles. The van der Waals surface area contributed by atoms with Crippen molar-refractivity contribution in [2.24, 2.45) is 0 Å². The van der Waals surface area contributed by atoms with Gasteiger partial charge < -0.3 is 10.1 Å². The van der Waals surface area contributed by atoms with Crippen LogP contribution in [0.15, 0.2) is 85.2 Å². The minimum Gasteiger partial charge on any atom is -0.489 e. The van der Waals surface area contributed by atoms with Crippen LogP contribution in [0.3, 0.4) is 0 Å². The van der Waals surface area contributed by atoms with Crippen molar-refractivity contribution in [1.29, 1.82) is 0 Å². The van der Waals surface area contributed by atoms with Gasteiger partial charge in [0.15, 0.2) is 0 Å². The topological polar surface area (TPSA) is 56.2 Å². The fourth-order valence-electron chi connectivity index (χ4n) is 3.02. The van der Waals surface area contributed by atoms with E-state index in [0.717, 1.165) is 11.1 Å². The molecule has 31 heavy (non-hydrogen) atoms. The van der Waals surface area contributed by atoms with Crippen molar-refractivity contribution in [3.05, 3.63) is 112 Å². The third-order valence-corrected chi connectivity index (χ3v) is 5.01. The molecule has 0 saturated carbocycles. The van der Waals surface area contributed by atoms with Crippen molar-refractivity contribution in [3.8, 4) is 5.75 Å². The van der Waals surface area contributed by atoms with Gasteiger partial charge in [-0.15, -0.1) is 0 Å². The first-order valence-electron chi connectivity index (χ1n) is 9.61. The molecule has 7 heteroatoms. The lowest BCUT2D eigenvalue weighted by Crippen LogP contribution is -2.11. The lowest BCUT2D eigenvalue weighted by Gasteiger charge is -2.08. The number of carbonyl (C=O) groups is 1. The smallest absolute Gasteiger partial charge is 0.255 e. The molecule has 4 aromatic rings. The van der Waals surface area contributed by atoms with Gasteiger partial charge in [-0.2, -0.15) is 5.10 Å². The number of rotatable bonds is 7. The van der Waals surface area contributed by atoms with Crippen LogP contribution < -0.4 is 10.1 Å². The molecule has 4 rings (SSSR count). The van der Waals surface area contributed by atoms with Crippen molar-refractivity contribution in [2.75, 3.05) is 5.32 Å². The van der Waals surface area contributed by atoms with Crippen LogP contribution in [0.2, 0.25) is 10.0 Å². The highest BCUT2D eigenvalue weighted by molar-refractivity contribution is 6.30. The van der Waals surface area contributed by atoms with E-state index >= 15 is 0 Å². The van der Waals surface area contributed by atoms with E-state index in [1.54, 1.807) is 41.3 Å². The fraction of sp³-hybridized carbons (Fsp3) is 0.0833. The predicted molar refractivity (Wildman–Crippen MR) is 123 cm³/mol. The summed E-state index contributed by atoms with van der Waals surface area (Å²) in [6.07, 6.45) is 3.40. The van der Waals surface area contributed by atoms with Gasteiger partial charge in [-0.05, 0) is 53.6 Å². The van der Waals surface area contributed by atoms with Crippen LogP contribution in [0, 0.1) is 0 Å². The fourth-order valence-corrected chi connectivity index (χ4v) is 3.41. The summed E-state index contributed by atoms with van der Waals surface area (Å²) >= 11 is 12.0. The second-order valence-corrected chi connectivity index (χ2v) is 7.83. The van der Waals surface area contributed by atoms with Gasteiger partial charge in [0, 0.05) is 21.8 Å². The van der Waals surface area contributed by atoms with Crippen molar-refractivity contribution < 1.29 is 9.53 Å². The Morgan fingerprint density at radius 1 is 0.935 bits per heavy atom. The molecular formula is C24H19Cl2N3O2. The van der Waals surface area contributed by atoms with Crippen LogP contribution in [-0.4, -0.2) is 15.7 Å². The average Bonchev–Trinajstić information content (AvgIpc) is 3.19. The first-order valence-corrected chi connectivity index (χ1v) is 10.4. The van der Waals surface area contributed by atoms with Crippen LogP contribution in [-0.2, 0) is 13.2 Å². The standard InChI is InChI=1S/C24H19Cl2N3O2/c25-20-4-1-3-18(11-20)14-29-15-22(13-27-29)28-24(30)19-9-7-17(8-10-19)16-31-23-6-2-5-21(26)12-23/h1-13,15H,14,16H2,(H,28,30). The van der Waals surface area contributed by atoms with E-state index in [0.29, 0.717) is 40.2 Å². The van der Waals surface area contributed by atoms with Gasteiger partial charge in [0.1, 0.15) is 12.4 Å². The maximum absolute atomic E-state index is 12.5. The van der Waals surface area contributed by atoms with Gasteiger partial charge >= 0.3 is 0 Å². The Kier molecular flexibility index (Phi) is 6.55. The van der Waals surface area contributed by atoms with Gasteiger partial charge in [-0.1, -0.05) is 53.5 Å². The minimum atomic E-state index is -0.204. The maximum atomic E-state index is 12.5. The van der Waals surface area contributed by atoms with Gasteiger partial charge in [0.25, 0.3) is 5.91 Å². The molecule has 1 heterocycles. The Morgan fingerprint density at radius 3 is 2.42 bits per heavy atom. The summed E-state index contributed by atoms with van der Waals surface area (Å²) < 4.78 is 7.47. The van der Waals surface area contributed by atoms with E-state index in [9.17, 15) is 4.79 Å². The zero-order valence-corrected chi connectivity index (χ0v) is 18.0. The van der Waals surface area contributed by atoms with Gasteiger partial charge in [-0.25, -0.2) is 0 Å². The number of nitrogens with zero attached hydrogens (tertiary/aromatic N) is 2. The van der Waals surface area contributed by atoms with E-state index in [4.69, 9.17) is 27.9 Å². The number of anilines is 1. The molecule has 1 N–H and O–H groups in total. The Morgan fingerprint density at radius 2 is 1.68 bits per heavy atom. The summed E-state index contributed by atoms with van der Waals surface area (Å²) in [7, 11) is 0. The highest BCUT2D eigenvalue weighted by Gasteiger charge is 2.08. The number of aromatic nitrogens is 2. The Hall–Kier alpha value is -3.28. The third kappa shape index (κ3) is 5.87. The second kappa shape index (κ2) is 9.69. The molecule has 0 atom stereocenters. The van der Waals surface area contributed by atoms with Crippen molar-refractivity contribution in [2.45, 2.75) is 13.2 Å². The molecule has 0 radical (unpaired) electrons. The molecule has 0 spiro atoms. The van der Waals surface area contributed by atoms with Gasteiger partial charge in [-0.3, -0.25) is 9.48 Å². The summed E-state index contributed by atoms with van der Waals surface area (Å²) in [5.41, 5.74) is 3.16. The number of hydrogen-bond donors (Lipinski definition) is 1. The summed E-state index contributed by atoms with van der Waals surface area (Å²) in [5.74, 6) is 0.494. The van der Waals surface area contributed by atoms with Crippen LogP contribution in [0.5, 0.6) is 5.75 Å². The Labute approximate surface area is 190 Å². The van der Waals surface area contributed by atoms with Gasteiger partial charge in [0.05, 0.1) is 18.4 Å². The summed E-state index contributed by atoms with van der Waals surface area (Å²) in [4.78, 5) is 12.5. The van der Waals surface area contributed by atoms with E-state index in [-0.39, 0.29) is 5.91 Å². The van der Waals surface area contributed by atoms with Crippen LogP contribution in [0.25, 0.3) is 0 Å². The van der Waals surface area contributed by atoms with Crippen molar-refractivity contribution >= 4 is 34.8 Å². The molecule has 0 unspecified atom stereocenters. The highest BCUT2D eigenvalue weighted by Crippen LogP contribution is 2.19. The number of hydrogen-bond acceptors (Lipinski definition) is 3. The maximum Gasteiger partial charge on any atom is 0.255 e. The zero-order valence-electron chi connectivity index (χ0n) is 16.5. The SMILES string of the molecule is O=C(Nc1cnn(Cc2cccc(Cl)c2)c1)c1ccc(COc2cccc(Cl)c2)cc1. The zero-order chi connectivity index (χ0) is 21.6. The Balaban J connectivity index is 1.33. The van der Waals surface area contributed by atoms with Crippen molar-refractivity contribution in [3.63, 3.8) is 0 Å². The van der Waals surface area contributed by atoms with Crippen LogP contribution in [0.4, 0.5) is 5.69 Å². The largest absolute Gasteiger partial charge is 0.489 e. The lowest BCUT2D eigenvalue weighted by atomic mass is 10.1. The number of benzene rings is 3. The summed E-state index contributed by atoms with van der Waals surface area (Å²) in [6, 6.07) is 22.1. The first-order chi connectivity index (χ1) is 15.0. The van der Waals surface area contributed by atoms with E-state index in [1.807, 2.05) is 48.5 Å². The number of halogens is 2. The molecule has 0 fully saturated rings. The number of amides is 1. The van der Waals surface area contributed by atoms with E-state index in [2.05, 4.69) is 10.4 Å². The lowest BCUT2D eigenvalue weighted by molar-refractivity contribution is 0.102. The molecule has 0 saturated heterocycles. The number of nitrogens with one attached hydrogen (secondary N) is 1. The normalized spacial score (nSPS) is 10.6. The predicted octanol–water partition coefficient (Wildman–Crippen LogP) is 6.07. The van der Waals surface area contributed by atoms with Gasteiger partial charge in [0.2, 0.25) is 0 Å². The average molecular weight is 452 g/mol. The quantitative estimate of drug-likeness (QED) is 0.370. The molecule has 156 valence electrons. The molecule has 1 aromatic heterocycles. The van der Waals surface area contributed by atoms with Crippen LogP contribution >= 0.6 is 23.2 Å².